The third-order valence-corrected chi connectivity index (χ3v) is 5.63. The Hall–Kier alpha value is -2.28. The highest BCUT2D eigenvalue weighted by Gasteiger charge is 2.31. The van der Waals surface area contributed by atoms with Gasteiger partial charge < -0.3 is 10.2 Å². The first-order valence-electron chi connectivity index (χ1n) is 10.3. The fraction of sp³-hybridized carbons (Fsp3) is 0.478. The minimum Gasteiger partial charge on any atom is -0.324 e. The lowest BCUT2D eigenvalue weighted by molar-refractivity contribution is -0.122. The molecule has 1 fully saturated rings. The number of rotatable bonds is 7. The number of para-hydroxylation sites is 1. The van der Waals surface area contributed by atoms with Crippen LogP contribution in [0.2, 0.25) is 0 Å². The zero-order valence-electron chi connectivity index (χ0n) is 18.1. The molecule has 0 spiro atoms. The lowest BCUT2D eigenvalue weighted by Gasteiger charge is -2.39. The van der Waals surface area contributed by atoms with Crippen molar-refractivity contribution in [2.24, 2.45) is 0 Å². The fourth-order valence-corrected chi connectivity index (χ4v) is 3.86. The largest absolute Gasteiger partial charge is 0.324 e. The molecule has 6 nitrogen and oxygen atoms in total. The van der Waals surface area contributed by atoms with Crippen LogP contribution in [0.4, 0.5) is 5.69 Å². The molecule has 1 aromatic heterocycles. The average Bonchev–Trinajstić information content (AvgIpc) is 2.71. The molecule has 0 bridgehead atoms. The summed E-state index contributed by atoms with van der Waals surface area (Å²) in [6.07, 6.45) is 3.53. The van der Waals surface area contributed by atoms with Gasteiger partial charge in [0.2, 0.25) is 5.91 Å². The summed E-state index contributed by atoms with van der Waals surface area (Å²) in [6, 6.07) is 9.68. The predicted molar refractivity (Wildman–Crippen MR) is 118 cm³/mol. The number of aryl methyl sites for hydroxylation is 2. The number of pyridine rings is 1. The number of nitrogens with one attached hydrogen (secondary N) is 1. The van der Waals surface area contributed by atoms with Gasteiger partial charge in [-0.25, -0.2) is 0 Å². The smallest absolute Gasteiger partial charge is 0.246 e. The number of carbonyl (C=O) groups excluding carboxylic acids is 1. The van der Waals surface area contributed by atoms with Crippen LogP contribution in [0.1, 0.15) is 22.7 Å². The molecule has 2 aromatic rings. The Kier molecular flexibility index (Phi) is 7.36. The molecular weight excluding hydrogens is 362 g/mol. The first kappa shape index (κ1) is 21.4. The molecule has 2 heterocycles. The zero-order chi connectivity index (χ0) is 20.8. The summed E-state index contributed by atoms with van der Waals surface area (Å²) in [5.41, 5.74) is 4.08. The van der Waals surface area contributed by atoms with E-state index in [2.05, 4.69) is 39.1 Å². The van der Waals surface area contributed by atoms with Gasteiger partial charge in [-0.1, -0.05) is 18.2 Å². The van der Waals surface area contributed by atoms with Crippen molar-refractivity contribution in [1.29, 1.82) is 0 Å². The molecule has 1 N–H and O–H groups in total. The Morgan fingerprint density at radius 2 is 1.69 bits per heavy atom. The van der Waals surface area contributed by atoms with Crippen molar-refractivity contribution in [1.82, 2.24) is 19.7 Å². The highest BCUT2D eigenvalue weighted by atomic mass is 16.2. The Morgan fingerprint density at radius 1 is 1.07 bits per heavy atom. The Bertz CT molecular complexity index is 780. The van der Waals surface area contributed by atoms with Crippen LogP contribution in [0.15, 0.2) is 42.7 Å². The molecule has 1 saturated heterocycles. The van der Waals surface area contributed by atoms with Crippen molar-refractivity contribution in [3.05, 3.63) is 59.4 Å². The maximum atomic E-state index is 13.4. The third kappa shape index (κ3) is 5.63. The molecule has 6 heteroatoms. The highest BCUT2D eigenvalue weighted by molar-refractivity contribution is 5.96. The number of benzene rings is 1. The molecule has 3 rings (SSSR count). The molecule has 0 radical (unpaired) electrons. The first-order chi connectivity index (χ1) is 14.0. The van der Waals surface area contributed by atoms with Crippen LogP contribution in [-0.4, -0.2) is 79.0 Å². The molecule has 1 aliphatic heterocycles. The van der Waals surface area contributed by atoms with E-state index in [0.29, 0.717) is 0 Å². The number of carbonyl (C=O) groups is 1. The minimum absolute atomic E-state index is 0.0235. The summed E-state index contributed by atoms with van der Waals surface area (Å²) in [6.45, 7) is 9.90. The van der Waals surface area contributed by atoms with E-state index in [1.807, 2.05) is 44.2 Å². The maximum Gasteiger partial charge on any atom is 0.246 e. The maximum absolute atomic E-state index is 13.4. The van der Waals surface area contributed by atoms with E-state index in [1.54, 1.807) is 12.4 Å². The van der Waals surface area contributed by atoms with Gasteiger partial charge in [-0.2, -0.15) is 0 Å². The number of likely N-dealkylation sites (N-methyl/N-ethyl adjacent to an activating group) is 1. The van der Waals surface area contributed by atoms with Gasteiger partial charge in [0.25, 0.3) is 0 Å². The van der Waals surface area contributed by atoms with E-state index >= 15 is 0 Å². The van der Waals surface area contributed by atoms with E-state index < -0.39 is 0 Å². The van der Waals surface area contributed by atoms with Gasteiger partial charge in [-0.15, -0.1) is 0 Å². The van der Waals surface area contributed by atoms with Crippen LogP contribution in [0, 0.1) is 13.8 Å². The van der Waals surface area contributed by atoms with E-state index in [9.17, 15) is 4.79 Å². The zero-order valence-corrected chi connectivity index (χ0v) is 18.1. The van der Waals surface area contributed by atoms with Crippen LogP contribution in [0.25, 0.3) is 0 Å². The van der Waals surface area contributed by atoms with Gasteiger partial charge in [-0.3, -0.25) is 19.6 Å². The summed E-state index contributed by atoms with van der Waals surface area (Å²) in [4.78, 5) is 24.5. The van der Waals surface area contributed by atoms with E-state index in [4.69, 9.17) is 0 Å². The van der Waals surface area contributed by atoms with E-state index in [-0.39, 0.29) is 11.9 Å². The molecule has 156 valence electrons. The molecule has 1 aliphatic rings. The lowest BCUT2D eigenvalue weighted by Crippen LogP contribution is -2.51. The number of piperazine rings is 1. The molecule has 29 heavy (non-hydrogen) atoms. The second-order valence-corrected chi connectivity index (χ2v) is 8.12. The summed E-state index contributed by atoms with van der Waals surface area (Å²) in [5.74, 6) is 0.0235. The first-order valence-corrected chi connectivity index (χ1v) is 10.3. The van der Waals surface area contributed by atoms with E-state index in [1.165, 1.54) is 0 Å². The van der Waals surface area contributed by atoms with Gasteiger partial charge in [0, 0.05) is 57.3 Å². The van der Waals surface area contributed by atoms with Crippen molar-refractivity contribution in [2.75, 3.05) is 58.7 Å². The average molecular weight is 396 g/mol. The minimum atomic E-state index is -0.312. The monoisotopic (exact) mass is 395 g/mol. The summed E-state index contributed by atoms with van der Waals surface area (Å²) in [7, 11) is 4.21. The van der Waals surface area contributed by atoms with Crippen LogP contribution in [0.3, 0.4) is 0 Å². The SMILES string of the molecule is Cc1cccc(C)c1NC(=O)C(c1ccncc1)N1CCN(CCN(C)C)CC1. The van der Waals surface area contributed by atoms with Crippen molar-refractivity contribution >= 4 is 11.6 Å². The number of nitrogens with zero attached hydrogens (tertiary/aromatic N) is 4. The standard InChI is InChI=1S/C23H33N5O/c1-18-6-5-7-19(2)21(18)25-23(29)22(20-8-10-24-11-9-20)28-16-14-27(15-17-28)13-12-26(3)4/h5-11,22H,12-17H2,1-4H3,(H,25,29). The number of hydrogen-bond donors (Lipinski definition) is 1. The second kappa shape index (κ2) is 9.96. The number of hydrogen-bond acceptors (Lipinski definition) is 5. The summed E-state index contributed by atoms with van der Waals surface area (Å²) in [5, 5.41) is 3.20. The predicted octanol–water partition coefficient (Wildman–Crippen LogP) is 2.56. The topological polar surface area (TPSA) is 51.7 Å². The molecule has 1 amide bonds. The Morgan fingerprint density at radius 3 is 2.28 bits per heavy atom. The van der Waals surface area contributed by atoms with Crippen LogP contribution in [0.5, 0.6) is 0 Å². The van der Waals surface area contributed by atoms with Crippen molar-refractivity contribution in [3.63, 3.8) is 0 Å². The quantitative estimate of drug-likeness (QED) is 0.781. The van der Waals surface area contributed by atoms with Crippen LogP contribution >= 0.6 is 0 Å². The molecule has 1 atom stereocenters. The normalized spacial score (nSPS) is 16.7. The number of aromatic nitrogens is 1. The van der Waals surface area contributed by atoms with Gasteiger partial charge in [-0.05, 0) is 56.8 Å². The Labute approximate surface area is 174 Å². The van der Waals surface area contributed by atoms with E-state index in [0.717, 1.165) is 61.6 Å². The number of amides is 1. The third-order valence-electron chi connectivity index (χ3n) is 5.63. The summed E-state index contributed by atoms with van der Waals surface area (Å²) >= 11 is 0. The molecule has 0 saturated carbocycles. The van der Waals surface area contributed by atoms with Crippen molar-refractivity contribution < 1.29 is 4.79 Å². The molecule has 0 aliphatic carbocycles. The Balaban J connectivity index is 1.75. The van der Waals surface area contributed by atoms with Crippen molar-refractivity contribution in [3.8, 4) is 0 Å². The molecule has 1 aromatic carbocycles. The number of anilines is 1. The van der Waals surface area contributed by atoms with Gasteiger partial charge in [0.1, 0.15) is 6.04 Å². The van der Waals surface area contributed by atoms with Gasteiger partial charge >= 0.3 is 0 Å². The van der Waals surface area contributed by atoms with Crippen molar-refractivity contribution in [2.45, 2.75) is 19.9 Å². The summed E-state index contributed by atoms with van der Waals surface area (Å²) < 4.78 is 0. The van der Waals surface area contributed by atoms with Gasteiger partial charge in [0.15, 0.2) is 0 Å². The second-order valence-electron chi connectivity index (χ2n) is 8.12. The van der Waals surface area contributed by atoms with Crippen LogP contribution in [-0.2, 0) is 4.79 Å². The fourth-order valence-electron chi connectivity index (χ4n) is 3.86. The van der Waals surface area contributed by atoms with Gasteiger partial charge in [0.05, 0.1) is 0 Å². The molecular formula is C23H33N5O. The lowest BCUT2D eigenvalue weighted by atomic mass is 10.0. The highest BCUT2D eigenvalue weighted by Crippen LogP contribution is 2.26. The van der Waals surface area contributed by atoms with Crippen LogP contribution < -0.4 is 5.32 Å². The molecule has 1 unspecified atom stereocenters.